The van der Waals surface area contributed by atoms with Crippen LogP contribution in [0.15, 0.2) is 34.1 Å². The standard InChI is InChI=1S/C15H25N3O2S2/c1-17-10-12-18(13-11-17)9-3-8-16-22(19,20)15-6-4-14(21-2)5-7-15/h4-7,16H,3,8-13H2,1-2H3. The van der Waals surface area contributed by atoms with Crippen LogP contribution in [0.2, 0.25) is 0 Å². The van der Waals surface area contributed by atoms with Crippen molar-refractivity contribution in [3.8, 4) is 0 Å². The molecule has 124 valence electrons. The number of benzene rings is 1. The maximum Gasteiger partial charge on any atom is 0.240 e. The fourth-order valence-corrected chi connectivity index (χ4v) is 3.90. The Morgan fingerprint density at radius 1 is 1.14 bits per heavy atom. The molecule has 1 aliphatic heterocycles. The van der Waals surface area contributed by atoms with Gasteiger partial charge in [0.15, 0.2) is 0 Å². The van der Waals surface area contributed by atoms with Crippen LogP contribution in [0.1, 0.15) is 6.42 Å². The first-order valence-corrected chi connectivity index (χ1v) is 10.3. The third-order valence-electron chi connectivity index (χ3n) is 3.91. The Kier molecular flexibility index (Phi) is 6.70. The Morgan fingerprint density at radius 3 is 2.36 bits per heavy atom. The normalized spacial score (nSPS) is 17.7. The molecule has 0 aliphatic carbocycles. The lowest BCUT2D eigenvalue weighted by molar-refractivity contribution is 0.153. The molecule has 0 aromatic heterocycles. The molecule has 7 heteroatoms. The maximum atomic E-state index is 12.2. The Balaban J connectivity index is 1.75. The summed E-state index contributed by atoms with van der Waals surface area (Å²) in [5, 5.41) is 0. The van der Waals surface area contributed by atoms with Gasteiger partial charge in [0.25, 0.3) is 0 Å². The topological polar surface area (TPSA) is 52.7 Å². The summed E-state index contributed by atoms with van der Waals surface area (Å²) in [7, 11) is -1.25. The Morgan fingerprint density at radius 2 is 1.77 bits per heavy atom. The second kappa shape index (κ2) is 8.31. The zero-order valence-electron chi connectivity index (χ0n) is 13.3. The van der Waals surface area contributed by atoms with Crippen LogP contribution < -0.4 is 4.72 Å². The van der Waals surface area contributed by atoms with Crippen molar-refractivity contribution in [2.24, 2.45) is 0 Å². The fourth-order valence-electron chi connectivity index (χ4n) is 2.42. The summed E-state index contributed by atoms with van der Waals surface area (Å²) in [5.74, 6) is 0. The maximum absolute atomic E-state index is 12.2. The van der Waals surface area contributed by atoms with E-state index in [4.69, 9.17) is 0 Å². The molecule has 22 heavy (non-hydrogen) atoms. The van der Waals surface area contributed by atoms with Gasteiger partial charge in [-0.15, -0.1) is 11.8 Å². The van der Waals surface area contributed by atoms with Crippen molar-refractivity contribution in [3.05, 3.63) is 24.3 Å². The number of likely N-dealkylation sites (N-methyl/N-ethyl adjacent to an activating group) is 1. The highest BCUT2D eigenvalue weighted by atomic mass is 32.2. The average molecular weight is 344 g/mol. The average Bonchev–Trinajstić information content (AvgIpc) is 2.53. The minimum Gasteiger partial charge on any atom is -0.304 e. The van der Waals surface area contributed by atoms with Crippen LogP contribution in [0.4, 0.5) is 0 Å². The molecule has 1 heterocycles. The summed E-state index contributed by atoms with van der Waals surface area (Å²) < 4.78 is 27.1. The highest BCUT2D eigenvalue weighted by Gasteiger charge is 2.15. The minimum atomic E-state index is -3.38. The second-order valence-electron chi connectivity index (χ2n) is 5.57. The van der Waals surface area contributed by atoms with E-state index in [-0.39, 0.29) is 0 Å². The molecule has 1 aromatic carbocycles. The smallest absolute Gasteiger partial charge is 0.240 e. The third kappa shape index (κ3) is 5.24. The molecule has 0 bridgehead atoms. The molecule has 0 saturated carbocycles. The summed E-state index contributed by atoms with van der Waals surface area (Å²) in [6.45, 7) is 5.75. The van der Waals surface area contributed by atoms with E-state index in [2.05, 4.69) is 21.6 Å². The molecule has 2 rings (SSSR count). The van der Waals surface area contributed by atoms with Crippen molar-refractivity contribution in [2.45, 2.75) is 16.2 Å². The van der Waals surface area contributed by atoms with E-state index in [1.807, 2.05) is 18.4 Å². The van der Waals surface area contributed by atoms with Gasteiger partial charge in [-0.2, -0.15) is 0 Å². The van der Waals surface area contributed by atoms with E-state index >= 15 is 0 Å². The molecule has 0 amide bonds. The number of sulfonamides is 1. The molecule has 0 unspecified atom stereocenters. The van der Waals surface area contributed by atoms with Crippen LogP contribution in [-0.4, -0.2) is 70.8 Å². The predicted molar refractivity (Wildman–Crippen MR) is 92.0 cm³/mol. The van der Waals surface area contributed by atoms with Crippen LogP contribution in [0, 0.1) is 0 Å². The monoisotopic (exact) mass is 343 g/mol. The van der Waals surface area contributed by atoms with Gasteiger partial charge in [0.1, 0.15) is 0 Å². The summed E-state index contributed by atoms with van der Waals surface area (Å²) in [4.78, 5) is 6.11. The van der Waals surface area contributed by atoms with Crippen LogP contribution in [0.5, 0.6) is 0 Å². The van der Waals surface area contributed by atoms with Crippen molar-refractivity contribution in [1.82, 2.24) is 14.5 Å². The predicted octanol–water partition coefficient (Wildman–Crippen LogP) is 1.32. The first kappa shape index (κ1) is 17.7. The summed E-state index contributed by atoms with van der Waals surface area (Å²) in [6.07, 6.45) is 2.81. The van der Waals surface area contributed by atoms with Crippen molar-refractivity contribution >= 4 is 21.8 Å². The molecule has 1 saturated heterocycles. The Labute approximate surface area is 138 Å². The lowest BCUT2D eigenvalue weighted by atomic mass is 10.3. The largest absolute Gasteiger partial charge is 0.304 e. The van der Waals surface area contributed by atoms with Gasteiger partial charge in [-0.1, -0.05) is 0 Å². The van der Waals surface area contributed by atoms with Crippen LogP contribution >= 0.6 is 11.8 Å². The van der Waals surface area contributed by atoms with Crippen molar-refractivity contribution < 1.29 is 8.42 Å². The molecule has 1 aromatic rings. The first-order valence-electron chi connectivity index (χ1n) is 7.56. The molecule has 1 N–H and O–H groups in total. The summed E-state index contributed by atoms with van der Waals surface area (Å²) in [5.41, 5.74) is 0. The van der Waals surface area contributed by atoms with Crippen LogP contribution in [0.3, 0.4) is 0 Å². The van der Waals surface area contributed by atoms with Gasteiger partial charge in [-0.3, -0.25) is 0 Å². The zero-order chi connectivity index (χ0) is 16.0. The van der Waals surface area contributed by atoms with Gasteiger partial charge < -0.3 is 9.80 Å². The van der Waals surface area contributed by atoms with Gasteiger partial charge in [0, 0.05) is 37.6 Å². The number of thioether (sulfide) groups is 1. The van der Waals surface area contributed by atoms with E-state index < -0.39 is 10.0 Å². The number of piperazine rings is 1. The fraction of sp³-hybridized carbons (Fsp3) is 0.600. The molecular weight excluding hydrogens is 318 g/mol. The summed E-state index contributed by atoms with van der Waals surface area (Å²) >= 11 is 1.60. The first-order chi connectivity index (χ1) is 10.5. The second-order valence-corrected chi connectivity index (χ2v) is 8.22. The number of rotatable bonds is 7. The Bertz CT molecular complexity index is 553. The SMILES string of the molecule is CSc1ccc(S(=O)(=O)NCCCN2CCN(C)CC2)cc1. The van der Waals surface area contributed by atoms with E-state index in [0.717, 1.165) is 44.0 Å². The Hall–Kier alpha value is -0.600. The summed E-state index contributed by atoms with van der Waals surface area (Å²) in [6, 6.07) is 7.00. The molecule has 5 nitrogen and oxygen atoms in total. The van der Waals surface area contributed by atoms with E-state index in [1.54, 1.807) is 23.9 Å². The molecule has 0 radical (unpaired) electrons. The molecular formula is C15H25N3O2S2. The van der Waals surface area contributed by atoms with Gasteiger partial charge in [-0.25, -0.2) is 13.1 Å². The van der Waals surface area contributed by atoms with Gasteiger partial charge in [0.2, 0.25) is 10.0 Å². The highest BCUT2D eigenvalue weighted by molar-refractivity contribution is 7.98. The zero-order valence-corrected chi connectivity index (χ0v) is 14.9. The molecule has 0 spiro atoms. The van der Waals surface area contributed by atoms with E-state index in [9.17, 15) is 8.42 Å². The minimum absolute atomic E-state index is 0.338. The lowest BCUT2D eigenvalue weighted by Gasteiger charge is -2.32. The number of nitrogens with zero attached hydrogens (tertiary/aromatic N) is 2. The number of nitrogens with one attached hydrogen (secondary N) is 1. The van der Waals surface area contributed by atoms with Crippen LogP contribution in [0.25, 0.3) is 0 Å². The lowest BCUT2D eigenvalue weighted by Crippen LogP contribution is -2.45. The number of hydrogen-bond donors (Lipinski definition) is 1. The van der Waals surface area contributed by atoms with Gasteiger partial charge >= 0.3 is 0 Å². The van der Waals surface area contributed by atoms with Crippen molar-refractivity contribution in [1.29, 1.82) is 0 Å². The van der Waals surface area contributed by atoms with Gasteiger partial charge in [0.05, 0.1) is 4.90 Å². The third-order valence-corrected chi connectivity index (χ3v) is 6.13. The van der Waals surface area contributed by atoms with Gasteiger partial charge in [-0.05, 0) is 50.5 Å². The van der Waals surface area contributed by atoms with Crippen molar-refractivity contribution in [2.75, 3.05) is 52.6 Å². The van der Waals surface area contributed by atoms with E-state index in [1.165, 1.54) is 0 Å². The van der Waals surface area contributed by atoms with Crippen LogP contribution in [-0.2, 0) is 10.0 Å². The number of hydrogen-bond acceptors (Lipinski definition) is 5. The molecule has 1 fully saturated rings. The molecule has 0 atom stereocenters. The van der Waals surface area contributed by atoms with E-state index in [0.29, 0.717) is 11.4 Å². The van der Waals surface area contributed by atoms with Crippen molar-refractivity contribution in [3.63, 3.8) is 0 Å². The quantitative estimate of drug-likeness (QED) is 0.598. The molecule has 1 aliphatic rings. The highest BCUT2D eigenvalue weighted by Crippen LogP contribution is 2.17.